The Morgan fingerprint density at radius 3 is 0.941 bits per heavy atom. The molecule has 1 fully saturated rings. The van der Waals surface area contributed by atoms with Gasteiger partial charge in [-0.05, 0) is 217 Å². The Morgan fingerprint density at radius 2 is 0.639 bits per heavy atom. The van der Waals surface area contributed by atoms with Crippen molar-refractivity contribution >= 4 is 89.1 Å². The number of nitro benzene ring substituents is 2. The highest BCUT2D eigenvalue weighted by atomic mass is 127. The van der Waals surface area contributed by atoms with E-state index in [2.05, 4.69) is 121 Å². The van der Waals surface area contributed by atoms with E-state index in [0.29, 0.717) is 12.8 Å². The number of hydrogen-bond donors (Lipinski definition) is 3. The molecule has 11 rings (SSSR count). The van der Waals surface area contributed by atoms with E-state index >= 15 is 0 Å². The number of fused-ring (bicyclic) bond motifs is 6. The lowest BCUT2D eigenvalue weighted by atomic mass is 9.92. The number of ketones is 2. The largest absolute Gasteiger partial charge is 0.355 e. The average molecular weight is 1730 g/mol. The Kier molecular flexibility index (Phi) is 46.0. The lowest BCUT2D eigenvalue weighted by Crippen LogP contribution is -2.43. The molecule has 10 aromatic rings. The van der Waals surface area contributed by atoms with Crippen LogP contribution in [0.15, 0.2) is 170 Å². The number of rotatable bonds is 53. The number of nitrogens with zero attached hydrogens (tertiary/aromatic N) is 3. The van der Waals surface area contributed by atoms with Crippen LogP contribution in [0.3, 0.4) is 0 Å². The van der Waals surface area contributed by atoms with Gasteiger partial charge in [0.05, 0.1) is 20.9 Å². The first-order chi connectivity index (χ1) is 58.2. The van der Waals surface area contributed by atoms with Crippen LogP contribution in [-0.4, -0.2) is 43.0 Å². The third-order valence-electron chi connectivity index (χ3n) is 24.5. The first-order valence-corrected chi connectivity index (χ1v) is 48.3. The first-order valence-electron chi connectivity index (χ1n) is 47.2. The SMILES string of the molecule is CCCCCCCCCCCCC(=O)c1ccc2[nH]c3ccc(C(=O)CCCCCCCCCCCC)cc3c2c1.CCCCCCCCCCCCCc1ccc2c(c1)c1cc(CCCCCCCCCCCCC)ccc1n2-c1ccc(-c2ccc([N+](=O)[O-])cc2)cc1.N[C@@H]1CCCC[C@@H]1N.O=[N+]([O-])c1ccc(-c2ccc(I)cc2)cc1. The van der Waals surface area contributed by atoms with Crippen molar-refractivity contribution in [1.82, 2.24) is 9.55 Å². The molecule has 0 spiro atoms. The molecule has 12 nitrogen and oxygen atoms in total. The number of carbonyl (C=O) groups excluding carboxylic acids is 2. The van der Waals surface area contributed by atoms with Crippen LogP contribution in [0.5, 0.6) is 0 Å². The Balaban J connectivity index is 0.000000235. The van der Waals surface area contributed by atoms with E-state index in [-0.39, 0.29) is 39.9 Å². The number of hydrogen-bond acceptors (Lipinski definition) is 8. The highest BCUT2D eigenvalue weighted by molar-refractivity contribution is 14.1. The molecule has 8 aromatic carbocycles. The van der Waals surface area contributed by atoms with Gasteiger partial charge in [0.1, 0.15) is 0 Å². The summed E-state index contributed by atoms with van der Waals surface area (Å²) in [6.07, 6.45) is 64.0. The molecule has 0 amide bonds. The van der Waals surface area contributed by atoms with E-state index in [9.17, 15) is 29.8 Å². The molecular formula is C106H147IN6O6. The van der Waals surface area contributed by atoms with Crippen molar-refractivity contribution in [2.45, 2.75) is 361 Å². The van der Waals surface area contributed by atoms with Gasteiger partial charge in [-0.15, -0.1) is 0 Å². The van der Waals surface area contributed by atoms with Crippen molar-refractivity contribution in [1.29, 1.82) is 0 Å². The van der Waals surface area contributed by atoms with Crippen molar-refractivity contribution in [3.05, 3.63) is 216 Å². The van der Waals surface area contributed by atoms with Crippen LogP contribution in [0, 0.1) is 23.8 Å². The molecule has 2 aromatic heterocycles. The van der Waals surface area contributed by atoms with Crippen LogP contribution in [0.4, 0.5) is 11.4 Å². The highest BCUT2D eigenvalue weighted by Gasteiger charge is 2.19. The lowest BCUT2D eigenvalue weighted by molar-refractivity contribution is -0.385. The zero-order valence-electron chi connectivity index (χ0n) is 73.5. The fourth-order valence-electron chi connectivity index (χ4n) is 17.0. The number of non-ortho nitro benzene ring substituents is 2. The van der Waals surface area contributed by atoms with Crippen LogP contribution >= 0.6 is 22.6 Å². The molecule has 0 saturated heterocycles. The number of aromatic amines is 1. The van der Waals surface area contributed by atoms with Crippen molar-refractivity contribution in [3.8, 4) is 27.9 Å². The second-order valence-corrected chi connectivity index (χ2v) is 35.5. The minimum Gasteiger partial charge on any atom is -0.355 e. The molecular weight excluding hydrogens is 1580 g/mol. The van der Waals surface area contributed by atoms with Crippen molar-refractivity contribution in [2.75, 3.05) is 0 Å². The van der Waals surface area contributed by atoms with E-state index in [1.54, 1.807) is 24.3 Å². The number of nitrogens with two attached hydrogens (primary N) is 2. The van der Waals surface area contributed by atoms with Gasteiger partial charge in [-0.2, -0.15) is 0 Å². The zero-order valence-corrected chi connectivity index (χ0v) is 75.7. The summed E-state index contributed by atoms with van der Waals surface area (Å²) in [7, 11) is 0. The molecule has 0 unspecified atom stereocenters. The number of aromatic nitrogens is 2. The van der Waals surface area contributed by atoms with E-state index in [1.807, 2.05) is 72.8 Å². The molecule has 1 aliphatic rings. The van der Waals surface area contributed by atoms with Gasteiger partial charge in [-0.1, -0.05) is 321 Å². The molecule has 1 saturated carbocycles. The smallest absolute Gasteiger partial charge is 0.269 e. The standard InChI is InChI=1S/C50H68N2O2.C38H57NO2.C12H8INO2.C6H14N2/c1-3-5-7-9-11-13-15-17-19-21-23-25-41-27-37-49-47(39-41)48-40-42(26-24-22-20-18-16-14-12-10-8-6-4-2)28-38-50(48)51(49)45-33-29-43(30-34-45)44-31-35-46(36-32-44)52(53)54;1-3-5-7-9-11-13-15-17-19-21-23-37(40)31-25-27-35-33(29-31)34-30-32(26-28-36(34)39-35)38(41)24-22-20-18-16-14-12-10-8-6-4-2;13-11-5-1-9(2-6-11)10-3-7-12(8-4-10)14(15)16;7-5-3-1-2-4-6(5)8/h27-40H,3-26H2,1-2H3;25-30,39H,3-24H2,1-2H3;1-8H;5-6H,1-4,7-8H2/t;;;5-,6+. The van der Waals surface area contributed by atoms with Crippen molar-refractivity contribution < 1.29 is 19.4 Å². The van der Waals surface area contributed by atoms with Crippen LogP contribution in [0.1, 0.15) is 368 Å². The second kappa shape index (κ2) is 56.7. The molecule has 0 radical (unpaired) electrons. The number of carbonyl (C=O) groups is 2. The number of Topliss-reactive ketones (excluding diaryl/α,β-unsaturated/α-hetero) is 2. The normalized spacial score (nSPS) is 13.3. The Bertz CT molecular complexity index is 4340. The lowest BCUT2D eigenvalue weighted by Gasteiger charge is -2.24. The third-order valence-corrected chi connectivity index (χ3v) is 25.2. The Labute approximate surface area is 729 Å². The quantitative estimate of drug-likeness (QED) is 0.0110. The van der Waals surface area contributed by atoms with Crippen LogP contribution in [-0.2, 0) is 12.8 Å². The maximum Gasteiger partial charge on any atom is 0.269 e. The molecule has 0 bridgehead atoms. The van der Waals surface area contributed by atoms with E-state index < -0.39 is 4.92 Å². The summed E-state index contributed by atoms with van der Waals surface area (Å²) >= 11 is 2.24. The zero-order chi connectivity index (χ0) is 84.4. The fraction of sp³-hybridized carbons (Fsp3) is 0.528. The van der Waals surface area contributed by atoms with Gasteiger partial charge in [-0.25, -0.2) is 0 Å². The summed E-state index contributed by atoms with van der Waals surface area (Å²) in [6, 6.07) is 57.0. The summed E-state index contributed by atoms with van der Waals surface area (Å²) in [6.45, 7) is 9.11. The average Bonchev–Trinajstić information content (AvgIpc) is 1.59. The van der Waals surface area contributed by atoms with Gasteiger partial charge in [0.2, 0.25) is 0 Å². The first kappa shape index (κ1) is 96.6. The van der Waals surface area contributed by atoms with Crippen molar-refractivity contribution in [3.63, 3.8) is 0 Å². The van der Waals surface area contributed by atoms with Gasteiger partial charge in [0.25, 0.3) is 11.4 Å². The predicted octanol–water partition coefficient (Wildman–Crippen LogP) is 32.5. The van der Waals surface area contributed by atoms with Gasteiger partial charge in [0.15, 0.2) is 11.6 Å². The molecule has 119 heavy (non-hydrogen) atoms. The highest BCUT2D eigenvalue weighted by Crippen LogP contribution is 2.37. The van der Waals surface area contributed by atoms with E-state index in [4.69, 9.17) is 11.5 Å². The number of aryl methyl sites for hydroxylation is 2. The Morgan fingerprint density at radius 1 is 0.353 bits per heavy atom. The van der Waals surface area contributed by atoms with Gasteiger partial charge >= 0.3 is 0 Å². The van der Waals surface area contributed by atoms with Crippen LogP contribution in [0.25, 0.3) is 71.6 Å². The minimum atomic E-state index is -0.391. The minimum absolute atomic E-state index is 0.117. The molecule has 0 aliphatic heterocycles. The second-order valence-electron chi connectivity index (χ2n) is 34.2. The summed E-state index contributed by atoms with van der Waals surface area (Å²) in [5.74, 6) is 0.461. The summed E-state index contributed by atoms with van der Waals surface area (Å²) in [5.41, 5.74) is 25.8. The Hall–Kier alpha value is -7.85. The number of nitro groups is 2. The van der Waals surface area contributed by atoms with Gasteiger partial charge in [-0.3, -0.25) is 29.8 Å². The number of unbranched alkanes of at least 4 members (excludes halogenated alkanes) is 38. The summed E-state index contributed by atoms with van der Waals surface area (Å²) in [5, 5.41) is 26.5. The molecule has 2 heterocycles. The fourth-order valence-corrected chi connectivity index (χ4v) is 17.3. The maximum atomic E-state index is 13.0. The topological polar surface area (TPSA) is 193 Å². The maximum absolute atomic E-state index is 13.0. The number of nitrogens with one attached hydrogen (secondary N) is 1. The number of halogens is 1. The van der Waals surface area contributed by atoms with Gasteiger partial charge < -0.3 is 21.0 Å². The van der Waals surface area contributed by atoms with E-state index in [0.717, 1.165) is 112 Å². The van der Waals surface area contributed by atoms with Crippen molar-refractivity contribution in [2.24, 2.45) is 11.5 Å². The predicted molar refractivity (Wildman–Crippen MR) is 516 cm³/mol. The number of H-pyrrole nitrogens is 1. The van der Waals surface area contributed by atoms with Crippen LogP contribution < -0.4 is 11.5 Å². The number of benzene rings is 8. The molecule has 13 heteroatoms. The summed E-state index contributed by atoms with van der Waals surface area (Å²) in [4.78, 5) is 50.3. The molecule has 1 aliphatic carbocycles. The monoisotopic (exact) mass is 1730 g/mol. The molecule has 5 N–H and O–H groups in total. The molecule has 2 atom stereocenters. The molecule has 644 valence electrons. The third kappa shape index (κ3) is 34.5. The van der Waals surface area contributed by atoms with E-state index in [1.165, 1.54) is 305 Å². The van der Waals surface area contributed by atoms with Crippen LogP contribution in [0.2, 0.25) is 0 Å². The van der Waals surface area contributed by atoms with Gasteiger partial charge in [0, 0.05) is 102 Å². The summed E-state index contributed by atoms with van der Waals surface area (Å²) < 4.78 is 3.59.